The summed E-state index contributed by atoms with van der Waals surface area (Å²) in [5.41, 5.74) is 0.980. The third-order valence-electron chi connectivity index (χ3n) is 2.54. The van der Waals surface area contributed by atoms with Crippen molar-refractivity contribution in [2.75, 3.05) is 6.61 Å². The molecule has 0 fully saturated rings. The van der Waals surface area contributed by atoms with Crippen molar-refractivity contribution < 1.29 is 9.53 Å². The molecule has 100 valence electrons. The van der Waals surface area contributed by atoms with Crippen LogP contribution in [0.15, 0.2) is 18.2 Å². The summed E-state index contributed by atoms with van der Waals surface area (Å²) in [6.07, 6.45) is 2.54. The van der Waals surface area contributed by atoms with Crippen molar-refractivity contribution in [1.82, 2.24) is 5.32 Å². The molecule has 1 N–H and O–H groups in total. The molecule has 1 aromatic carbocycles. The van der Waals surface area contributed by atoms with Crippen LogP contribution in [0, 0.1) is 0 Å². The predicted molar refractivity (Wildman–Crippen MR) is 74.0 cm³/mol. The third kappa shape index (κ3) is 4.96. The molecular weight excluding hydrogens is 250 g/mol. The molecule has 18 heavy (non-hydrogen) atoms. The SMILES string of the molecule is CCCCC(=O)NCc1ccc(OCC)c(Cl)c1. The molecule has 1 rings (SSSR count). The van der Waals surface area contributed by atoms with E-state index in [1.807, 2.05) is 25.1 Å². The molecule has 1 amide bonds. The highest BCUT2D eigenvalue weighted by molar-refractivity contribution is 6.32. The molecule has 0 aliphatic rings. The highest BCUT2D eigenvalue weighted by atomic mass is 35.5. The van der Waals surface area contributed by atoms with Crippen LogP contribution in [0.2, 0.25) is 5.02 Å². The maximum Gasteiger partial charge on any atom is 0.220 e. The lowest BCUT2D eigenvalue weighted by molar-refractivity contribution is -0.121. The molecule has 0 radical (unpaired) electrons. The zero-order valence-corrected chi connectivity index (χ0v) is 11.7. The largest absolute Gasteiger partial charge is 0.492 e. The van der Waals surface area contributed by atoms with Gasteiger partial charge in [0.15, 0.2) is 0 Å². The van der Waals surface area contributed by atoms with Gasteiger partial charge >= 0.3 is 0 Å². The minimum Gasteiger partial charge on any atom is -0.492 e. The maximum atomic E-state index is 11.5. The monoisotopic (exact) mass is 269 g/mol. The van der Waals surface area contributed by atoms with Crippen LogP contribution in [0.25, 0.3) is 0 Å². The first-order chi connectivity index (χ1) is 8.67. The predicted octanol–water partition coefficient (Wildman–Crippen LogP) is 3.55. The van der Waals surface area contributed by atoms with Crippen LogP contribution in [0.5, 0.6) is 5.75 Å². The summed E-state index contributed by atoms with van der Waals surface area (Å²) in [4.78, 5) is 11.5. The Morgan fingerprint density at radius 1 is 1.39 bits per heavy atom. The molecule has 3 nitrogen and oxygen atoms in total. The number of rotatable bonds is 7. The summed E-state index contributed by atoms with van der Waals surface area (Å²) in [7, 11) is 0. The van der Waals surface area contributed by atoms with Crippen LogP contribution in [-0.4, -0.2) is 12.5 Å². The van der Waals surface area contributed by atoms with Crippen molar-refractivity contribution in [1.29, 1.82) is 0 Å². The van der Waals surface area contributed by atoms with Crippen LogP contribution in [0.1, 0.15) is 38.7 Å². The van der Waals surface area contributed by atoms with E-state index in [0.29, 0.717) is 30.3 Å². The second kappa shape index (κ2) is 7.98. The molecule has 0 aliphatic carbocycles. The fourth-order valence-corrected chi connectivity index (χ4v) is 1.81. The Bertz CT molecular complexity index is 393. The van der Waals surface area contributed by atoms with Crippen LogP contribution >= 0.6 is 11.6 Å². The summed E-state index contributed by atoms with van der Waals surface area (Å²) in [6.45, 7) is 5.08. The average Bonchev–Trinajstić information content (AvgIpc) is 2.37. The lowest BCUT2D eigenvalue weighted by Crippen LogP contribution is -2.22. The summed E-state index contributed by atoms with van der Waals surface area (Å²) in [6, 6.07) is 5.57. The third-order valence-corrected chi connectivity index (χ3v) is 2.84. The lowest BCUT2D eigenvalue weighted by Gasteiger charge is -2.08. The number of benzene rings is 1. The van der Waals surface area contributed by atoms with Gasteiger partial charge < -0.3 is 10.1 Å². The molecule has 0 aliphatic heterocycles. The Hall–Kier alpha value is -1.22. The van der Waals surface area contributed by atoms with E-state index in [-0.39, 0.29) is 5.91 Å². The Labute approximate surface area is 113 Å². The van der Waals surface area contributed by atoms with Gasteiger partial charge in [-0.3, -0.25) is 4.79 Å². The molecule has 1 aromatic rings. The molecule has 0 bridgehead atoms. The van der Waals surface area contributed by atoms with Gasteiger partial charge in [0, 0.05) is 13.0 Å². The quantitative estimate of drug-likeness (QED) is 0.822. The van der Waals surface area contributed by atoms with E-state index in [0.717, 1.165) is 18.4 Å². The van der Waals surface area contributed by atoms with Crippen LogP contribution in [0.3, 0.4) is 0 Å². The topological polar surface area (TPSA) is 38.3 Å². The Morgan fingerprint density at radius 3 is 2.78 bits per heavy atom. The number of hydrogen-bond donors (Lipinski definition) is 1. The van der Waals surface area contributed by atoms with Crippen LogP contribution in [-0.2, 0) is 11.3 Å². The molecular formula is C14H20ClNO2. The number of carbonyl (C=O) groups is 1. The lowest BCUT2D eigenvalue weighted by atomic mass is 10.2. The van der Waals surface area contributed by atoms with Gasteiger partial charge in [-0.15, -0.1) is 0 Å². The fourth-order valence-electron chi connectivity index (χ4n) is 1.55. The molecule has 4 heteroatoms. The first-order valence-corrected chi connectivity index (χ1v) is 6.73. The number of carbonyl (C=O) groups excluding carboxylic acids is 1. The second-order valence-electron chi connectivity index (χ2n) is 4.08. The molecule has 0 heterocycles. The standard InChI is InChI=1S/C14H20ClNO2/c1-3-5-6-14(17)16-10-11-7-8-13(18-4-2)12(15)9-11/h7-9H,3-6,10H2,1-2H3,(H,16,17). The van der Waals surface area contributed by atoms with Gasteiger partial charge in [-0.05, 0) is 31.0 Å². The van der Waals surface area contributed by atoms with E-state index in [4.69, 9.17) is 16.3 Å². The number of nitrogens with one attached hydrogen (secondary N) is 1. The minimum atomic E-state index is 0.0851. The van der Waals surface area contributed by atoms with Crippen molar-refractivity contribution >= 4 is 17.5 Å². The van der Waals surface area contributed by atoms with E-state index in [2.05, 4.69) is 12.2 Å². The van der Waals surface area contributed by atoms with Gasteiger partial charge in [-0.1, -0.05) is 31.0 Å². The summed E-state index contributed by atoms with van der Waals surface area (Å²) < 4.78 is 5.35. The molecule has 0 unspecified atom stereocenters. The van der Waals surface area contributed by atoms with Gasteiger partial charge in [-0.2, -0.15) is 0 Å². The van der Waals surface area contributed by atoms with Crippen molar-refractivity contribution in [3.05, 3.63) is 28.8 Å². The summed E-state index contributed by atoms with van der Waals surface area (Å²) in [5.74, 6) is 0.766. The molecule has 0 spiro atoms. The first kappa shape index (κ1) is 14.8. The smallest absolute Gasteiger partial charge is 0.220 e. The molecule has 0 atom stereocenters. The fraction of sp³-hybridized carbons (Fsp3) is 0.500. The van der Waals surface area contributed by atoms with Gasteiger partial charge in [0.25, 0.3) is 0 Å². The summed E-state index contributed by atoms with van der Waals surface area (Å²) in [5, 5.41) is 3.45. The van der Waals surface area contributed by atoms with Gasteiger partial charge in [-0.25, -0.2) is 0 Å². The van der Waals surface area contributed by atoms with Gasteiger partial charge in [0.05, 0.1) is 11.6 Å². The van der Waals surface area contributed by atoms with E-state index in [1.165, 1.54) is 0 Å². The van der Waals surface area contributed by atoms with E-state index >= 15 is 0 Å². The van der Waals surface area contributed by atoms with Gasteiger partial charge in [0.2, 0.25) is 5.91 Å². The van der Waals surface area contributed by atoms with Gasteiger partial charge in [0.1, 0.15) is 5.75 Å². The van der Waals surface area contributed by atoms with E-state index in [9.17, 15) is 4.79 Å². The number of amides is 1. The van der Waals surface area contributed by atoms with Crippen molar-refractivity contribution in [2.45, 2.75) is 39.7 Å². The Kier molecular flexibility index (Phi) is 6.58. The van der Waals surface area contributed by atoms with E-state index in [1.54, 1.807) is 0 Å². The maximum absolute atomic E-state index is 11.5. The van der Waals surface area contributed by atoms with Crippen molar-refractivity contribution in [3.8, 4) is 5.75 Å². The zero-order valence-electron chi connectivity index (χ0n) is 11.0. The normalized spacial score (nSPS) is 10.2. The molecule has 0 aromatic heterocycles. The zero-order chi connectivity index (χ0) is 13.4. The number of ether oxygens (including phenoxy) is 1. The Balaban J connectivity index is 2.48. The second-order valence-corrected chi connectivity index (χ2v) is 4.49. The highest BCUT2D eigenvalue weighted by Gasteiger charge is 2.04. The minimum absolute atomic E-state index is 0.0851. The average molecular weight is 270 g/mol. The van der Waals surface area contributed by atoms with Crippen LogP contribution in [0.4, 0.5) is 0 Å². The van der Waals surface area contributed by atoms with E-state index < -0.39 is 0 Å². The highest BCUT2D eigenvalue weighted by Crippen LogP contribution is 2.25. The Morgan fingerprint density at radius 2 is 2.17 bits per heavy atom. The van der Waals surface area contributed by atoms with Crippen LogP contribution < -0.4 is 10.1 Å². The van der Waals surface area contributed by atoms with Crippen molar-refractivity contribution in [2.24, 2.45) is 0 Å². The van der Waals surface area contributed by atoms with Crippen molar-refractivity contribution in [3.63, 3.8) is 0 Å². The number of halogens is 1. The number of hydrogen-bond acceptors (Lipinski definition) is 2. The molecule has 0 saturated carbocycles. The molecule has 0 saturated heterocycles. The number of unbranched alkanes of at least 4 members (excludes halogenated alkanes) is 1. The first-order valence-electron chi connectivity index (χ1n) is 6.35. The summed E-state index contributed by atoms with van der Waals surface area (Å²) >= 11 is 6.07.